The Morgan fingerprint density at radius 2 is 1.90 bits per heavy atom. The highest BCUT2D eigenvalue weighted by atomic mass is 16.5. The molecule has 3 N–H and O–H groups in total. The van der Waals surface area contributed by atoms with Gasteiger partial charge in [-0.3, -0.25) is 4.79 Å². The second kappa shape index (κ2) is 7.19. The fourth-order valence-electron chi connectivity index (χ4n) is 2.43. The molecule has 1 aliphatic rings. The number of piperidine rings is 1. The molecule has 6 nitrogen and oxygen atoms in total. The van der Waals surface area contributed by atoms with Crippen LogP contribution in [0.1, 0.15) is 24.4 Å². The smallest absolute Gasteiger partial charge is 0.329 e. The Morgan fingerprint density at radius 1 is 1.29 bits per heavy atom. The number of carboxylic acids is 1. The first kappa shape index (κ1) is 15.5. The number of likely N-dealkylation sites (tertiary alicyclic amines) is 1. The van der Waals surface area contributed by atoms with Crippen molar-refractivity contribution in [2.75, 3.05) is 19.7 Å². The van der Waals surface area contributed by atoms with Crippen LogP contribution in [0.25, 0.3) is 0 Å². The first-order chi connectivity index (χ1) is 10.1. The van der Waals surface area contributed by atoms with E-state index in [1.807, 2.05) is 30.3 Å². The van der Waals surface area contributed by atoms with Crippen LogP contribution >= 0.6 is 0 Å². The van der Waals surface area contributed by atoms with Gasteiger partial charge in [-0.05, 0) is 18.4 Å². The minimum atomic E-state index is -0.973. The van der Waals surface area contributed by atoms with Crippen LogP contribution in [0, 0.1) is 0 Å². The lowest BCUT2D eigenvalue weighted by molar-refractivity contribution is -0.147. The third kappa shape index (κ3) is 4.27. The highest BCUT2D eigenvalue weighted by Crippen LogP contribution is 2.18. The van der Waals surface area contributed by atoms with Gasteiger partial charge < -0.3 is 20.5 Å². The molecule has 6 heteroatoms. The van der Waals surface area contributed by atoms with Crippen LogP contribution in [-0.2, 0) is 14.3 Å². The molecule has 0 bridgehead atoms. The van der Waals surface area contributed by atoms with Gasteiger partial charge in [0.25, 0.3) is 0 Å². The van der Waals surface area contributed by atoms with Crippen molar-refractivity contribution >= 4 is 11.9 Å². The summed E-state index contributed by atoms with van der Waals surface area (Å²) in [5.41, 5.74) is 6.80. The van der Waals surface area contributed by atoms with Gasteiger partial charge in [0, 0.05) is 13.1 Å². The summed E-state index contributed by atoms with van der Waals surface area (Å²) in [5, 5.41) is 8.58. The summed E-state index contributed by atoms with van der Waals surface area (Å²) in [6.07, 6.45) is 1.18. The molecule has 0 unspecified atom stereocenters. The van der Waals surface area contributed by atoms with Crippen LogP contribution in [-0.4, -0.2) is 47.7 Å². The van der Waals surface area contributed by atoms with Crippen molar-refractivity contribution in [1.82, 2.24) is 4.90 Å². The van der Waals surface area contributed by atoms with E-state index in [4.69, 9.17) is 15.6 Å². The van der Waals surface area contributed by atoms with Gasteiger partial charge in [0.15, 0.2) is 0 Å². The molecule has 21 heavy (non-hydrogen) atoms. The Kier molecular flexibility index (Phi) is 5.30. The van der Waals surface area contributed by atoms with E-state index < -0.39 is 12.0 Å². The standard InChI is InChI=1S/C15H20N2O4/c16-14(11-4-2-1-3-5-11)15(20)17-8-6-12(7-9-17)21-10-13(18)19/h1-5,12,14H,6-10,16H2,(H,18,19)/t14-/m0/s1. The van der Waals surface area contributed by atoms with Gasteiger partial charge in [0.1, 0.15) is 12.6 Å². The van der Waals surface area contributed by atoms with Crippen molar-refractivity contribution in [3.8, 4) is 0 Å². The van der Waals surface area contributed by atoms with E-state index in [2.05, 4.69) is 0 Å². The second-order valence-corrected chi connectivity index (χ2v) is 5.12. The van der Waals surface area contributed by atoms with Gasteiger partial charge in [-0.25, -0.2) is 4.79 Å². The average Bonchev–Trinajstić information content (AvgIpc) is 2.53. The predicted octanol–water partition coefficient (Wildman–Crippen LogP) is 0.779. The van der Waals surface area contributed by atoms with Gasteiger partial charge in [-0.15, -0.1) is 0 Å². The number of amides is 1. The number of nitrogens with zero attached hydrogens (tertiary/aromatic N) is 1. The lowest BCUT2D eigenvalue weighted by atomic mass is 10.0. The number of ether oxygens (including phenoxy) is 1. The molecule has 1 aliphatic heterocycles. The molecule has 1 amide bonds. The Hall–Kier alpha value is -1.92. The SMILES string of the molecule is N[C@H](C(=O)N1CCC(OCC(=O)O)CC1)c1ccccc1. The maximum atomic E-state index is 12.3. The second-order valence-electron chi connectivity index (χ2n) is 5.12. The van der Waals surface area contributed by atoms with Crippen LogP contribution in [0.4, 0.5) is 0 Å². The topological polar surface area (TPSA) is 92.9 Å². The molecule has 0 aromatic heterocycles. The summed E-state index contributed by atoms with van der Waals surface area (Å²) in [6, 6.07) is 8.62. The highest BCUT2D eigenvalue weighted by molar-refractivity contribution is 5.83. The lowest BCUT2D eigenvalue weighted by Crippen LogP contribution is -2.45. The van der Waals surface area contributed by atoms with E-state index in [1.54, 1.807) is 4.90 Å². The van der Waals surface area contributed by atoms with Gasteiger partial charge in [-0.1, -0.05) is 30.3 Å². The van der Waals surface area contributed by atoms with Gasteiger partial charge >= 0.3 is 5.97 Å². The molecule has 1 aromatic carbocycles. The molecule has 1 fully saturated rings. The molecule has 0 aliphatic carbocycles. The van der Waals surface area contributed by atoms with Crippen molar-refractivity contribution in [2.24, 2.45) is 5.73 Å². The summed E-state index contributed by atoms with van der Waals surface area (Å²) in [6.45, 7) is 0.801. The van der Waals surface area contributed by atoms with Gasteiger partial charge in [-0.2, -0.15) is 0 Å². The zero-order valence-electron chi connectivity index (χ0n) is 11.8. The van der Waals surface area contributed by atoms with Crippen molar-refractivity contribution in [1.29, 1.82) is 0 Å². The molecule has 0 radical (unpaired) electrons. The van der Waals surface area contributed by atoms with Crippen LogP contribution in [0.2, 0.25) is 0 Å². The summed E-state index contributed by atoms with van der Waals surface area (Å²) in [5.74, 6) is -1.07. The third-order valence-corrected chi connectivity index (χ3v) is 3.62. The normalized spacial score (nSPS) is 17.5. The molecule has 1 aromatic rings. The number of benzene rings is 1. The van der Waals surface area contributed by atoms with Crippen LogP contribution < -0.4 is 5.73 Å². The summed E-state index contributed by atoms with van der Waals surface area (Å²) in [7, 11) is 0. The lowest BCUT2D eigenvalue weighted by Gasteiger charge is -2.33. The number of nitrogens with two attached hydrogens (primary N) is 1. The monoisotopic (exact) mass is 292 g/mol. The maximum Gasteiger partial charge on any atom is 0.329 e. The van der Waals surface area contributed by atoms with Crippen molar-refractivity contribution in [2.45, 2.75) is 25.0 Å². The maximum absolute atomic E-state index is 12.3. The average molecular weight is 292 g/mol. The minimum Gasteiger partial charge on any atom is -0.480 e. The molecule has 0 saturated carbocycles. The van der Waals surface area contributed by atoms with E-state index in [0.717, 1.165) is 5.56 Å². The quantitative estimate of drug-likeness (QED) is 0.836. The number of carbonyl (C=O) groups is 2. The summed E-state index contributed by atoms with van der Waals surface area (Å²) < 4.78 is 5.25. The molecular weight excluding hydrogens is 272 g/mol. The van der Waals surface area contributed by atoms with Gasteiger partial charge in [0.2, 0.25) is 5.91 Å². The zero-order chi connectivity index (χ0) is 15.2. The molecule has 1 heterocycles. The van der Waals surface area contributed by atoms with Crippen molar-refractivity contribution in [3.63, 3.8) is 0 Å². The molecule has 114 valence electrons. The van der Waals surface area contributed by atoms with Crippen molar-refractivity contribution in [3.05, 3.63) is 35.9 Å². The zero-order valence-corrected chi connectivity index (χ0v) is 11.8. The largest absolute Gasteiger partial charge is 0.480 e. The number of rotatable bonds is 5. The fourth-order valence-corrected chi connectivity index (χ4v) is 2.43. The Bertz CT molecular complexity index is 484. The van der Waals surface area contributed by atoms with E-state index in [9.17, 15) is 9.59 Å². The van der Waals surface area contributed by atoms with Crippen LogP contribution in [0.5, 0.6) is 0 Å². The van der Waals surface area contributed by atoms with Crippen molar-refractivity contribution < 1.29 is 19.4 Å². The molecule has 1 saturated heterocycles. The Labute approximate surface area is 123 Å². The first-order valence-corrected chi connectivity index (χ1v) is 7.00. The Morgan fingerprint density at radius 3 is 2.48 bits per heavy atom. The van der Waals surface area contributed by atoms with E-state index >= 15 is 0 Å². The Balaban J connectivity index is 1.84. The highest BCUT2D eigenvalue weighted by Gasteiger charge is 2.27. The minimum absolute atomic E-state index is 0.0990. The number of carboxylic acid groups (broad SMARTS) is 1. The van der Waals surface area contributed by atoms with E-state index in [-0.39, 0.29) is 18.6 Å². The number of hydrogen-bond acceptors (Lipinski definition) is 4. The number of carbonyl (C=O) groups excluding carboxylic acids is 1. The molecule has 1 atom stereocenters. The molecule has 2 rings (SSSR count). The first-order valence-electron chi connectivity index (χ1n) is 7.00. The van der Waals surface area contributed by atoms with E-state index in [1.165, 1.54) is 0 Å². The van der Waals surface area contributed by atoms with Crippen LogP contribution in [0.3, 0.4) is 0 Å². The molecular formula is C15H20N2O4. The third-order valence-electron chi connectivity index (χ3n) is 3.62. The van der Waals surface area contributed by atoms with Gasteiger partial charge in [0.05, 0.1) is 6.10 Å². The molecule has 0 spiro atoms. The summed E-state index contributed by atoms with van der Waals surface area (Å²) >= 11 is 0. The van der Waals surface area contributed by atoms with Crippen LogP contribution in [0.15, 0.2) is 30.3 Å². The fraction of sp³-hybridized carbons (Fsp3) is 0.467. The number of aliphatic carboxylic acids is 1. The summed E-state index contributed by atoms with van der Waals surface area (Å²) in [4.78, 5) is 24.5. The predicted molar refractivity (Wildman–Crippen MR) is 76.6 cm³/mol. The number of hydrogen-bond donors (Lipinski definition) is 2. The van der Waals surface area contributed by atoms with E-state index in [0.29, 0.717) is 25.9 Å².